The van der Waals surface area contributed by atoms with Gasteiger partial charge in [-0.2, -0.15) is 0 Å². The summed E-state index contributed by atoms with van der Waals surface area (Å²) in [5, 5.41) is 0. The number of allylic oxidation sites excluding steroid dienone is 15. The molecule has 0 radical (unpaired) electrons. The first-order chi connectivity index (χ1) is 17.1. The van der Waals surface area contributed by atoms with Crippen molar-refractivity contribution in [2.75, 3.05) is 20.3 Å². The second-order valence-electron chi connectivity index (χ2n) is 6.80. The van der Waals surface area contributed by atoms with Crippen molar-refractivity contribution in [3.05, 3.63) is 134 Å². The van der Waals surface area contributed by atoms with Crippen LogP contribution in [0, 0.1) is 11.8 Å². The van der Waals surface area contributed by atoms with Gasteiger partial charge in [-0.3, -0.25) is 0 Å². The summed E-state index contributed by atoms with van der Waals surface area (Å²) >= 11 is 0. The van der Waals surface area contributed by atoms with Crippen molar-refractivity contribution in [2.24, 2.45) is 5.73 Å². The predicted octanol–water partition coefficient (Wildman–Crippen LogP) is 7.14. The van der Waals surface area contributed by atoms with Crippen LogP contribution in [0.2, 0.25) is 0 Å². The lowest BCUT2D eigenvalue weighted by atomic mass is 10.0. The average molecular weight is 474 g/mol. The molecule has 0 amide bonds. The molecule has 0 spiro atoms. The lowest BCUT2D eigenvalue weighted by Crippen LogP contribution is -1.99. The molecule has 0 rings (SSSR count). The smallest absolute Gasteiger partial charge is 0.112 e. The van der Waals surface area contributed by atoms with Gasteiger partial charge in [0.05, 0.1) is 12.9 Å². The molecular weight excluding hydrogens is 434 g/mol. The minimum Gasteiger partial charge on any atom is -0.492 e. The minimum absolute atomic E-state index is 0.480. The third-order valence-corrected chi connectivity index (χ3v) is 4.14. The van der Waals surface area contributed by atoms with Gasteiger partial charge in [0.25, 0.3) is 0 Å². The first-order valence-corrected chi connectivity index (χ1v) is 11.4. The van der Waals surface area contributed by atoms with E-state index in [1.54, 1.807) is 43.9 Å². The van der Waals surface area contributed by atoms with E-state index in [0.29, 0.717) is 31.8 Å². The summed E-state index contributed by atoms with van der Waals surface area (Å²) in [6.07, 6.45) is 29.6. The van der Waals surface area contributed by atoms with Crippen LogP contribution in [0.3, 0.4) is 0 Å². The van der Waals surface area contributed by atoms with Gasteiger partial charge in [0, 0.05) is 26.2 Å². The zero-order chi connectivity index (χ0) is 26.0. The number of nitrogens with two attached hydrogens (primary N) is 1. The largest absolute Gasteiger partial charge is 0.492 e. The second-order valence-corrected chi connectivity index (χ2v) is 6.80. The molecule has 0 aromatic heterocycles. The summed E-state index contributed by atoms with van der Waals surface area (Å²) < 4.78 is 16.1. The SMILES string of the molecule is C=C/C=C/C/C=C(/C\C=C(C=C)/C(/C=C\C)=C\N)O/C=C/CC#C/C=C/C=C\C(=C)OCCOC. The van der Waals surface area contributed by atoms with Gasteiger partial charge < -0.3 is 19.9 Å². The van der Waals surface area contributed by atoms with Gasteiger partial charge in [0.15, 0.2) is 0 Å². The molecule has 0 aliphatic rings. The minimum atomic E-state index is 0.480. The fourth-order valence-electron chi connectivity index (χ4n) is 2.44. The fourth-order valence-corrected chi connectivity index (χ4v) is 2.44. The Labute approximate surface area is 212 Å². The first kappa shape index (κ1) is 31.1. The average Bonchev–Trinajstić information content (AvgIpc) is 2.86. The van der Waals surface area contributed by atoms with Gasteiger partial charge in [0.1, 0.15) is 18.1 Å². The van der Waals surface area contributed by atoms with E-state index in [4.69, 9.17) is 19.9 Å². The molecule has 0 fully saturated rings. The van der Waals surface area contributed by atoms with Crippen LogP contribution in [0.25, 0.3) is 0 Å². The van der Waals surface area contributed by atoms with Gasteiger partial charge in [0.2, 0.25) is 0 Å². The molecule has 4 nitrogen and oxygen atoms in total. The van der Waals surface area contributed by atoms with E-state index < -0.39 is 0 Å². The molecule has 0 aromatic carbocycles. The van der Waals surface area contributed by atoms with E-state index >= 15 is 0 Å². The molecule has 35 heavy (non-hydrogen) atoms. The maximum atomic E-state index is 5.85. The Morgan fingerprint density at radius 1 is 1.00 bits per heavy atom. The molecule has 0 saturated carbocycles. The third kappa shape index (κ3) is 18.2. The van der Waals surface area contributed by atoms with Crippen LogP contribution < -0.4 is 5.73 Å². The van der Waals surface area contributed by atoms with Crippen molar-refractivity contribution in [1.29, 1.82) is 0 Å². The molecule has 0 bridgehead atoms. The Morgan fingerprint density at radius 3 is 2.51 bits per heavy atom. The predicted molar refractivity (Wildman–Crippen MR) is 150 cm³/mol. The van der Waals surface area contributed by atoms with Gasteiger partial charge in [-0.15, -0.1) is 0 Å². The Bertz CT molecular complexity index is 941. The molecule has 0 aliphatic heterocycles. The number of hydrogen-bond acceptors (Lipinski definition) is 4. The maximum Gasteiger partial charge on any atom is 0.112 e. The van der Waals surface area contributed by atoms with Crippen molar-refractivity contribution in [2.45, 2.75) is 26.2 Å². The highest BCUT2D eigenvalue weighted by molar-refractivity contribution is 5.45. The Hall–Kier alpha value is -3.94. The van der Waals surface area contributed by atoms with Crippen molar-refractivity contribution >= 4 is 0 Å². The first-order valence-electron chi connectivity index (χ1n) is 11.4. The van der Waals surface area contributed by atoms with E-state index in [9.17, 15) is 0 Å². The Balaban J connectivity index is 4.87. The van der Waals surface area contributed by atoms with Crippen LogP contribution in [0.5, 0.6) is 0 Å². The molecule has 0 unspecified atom stereocenters. The number of hydrogen-bond donors (Lipinski definition) is 1. The van der Waals surface area contributed by atoms with Crippen LogP contribution in [0.1, 0.15) is 26.2 Å². The number of rotatable bonds is 17. The van der Waals surface area contributed by atoms with Crippen molar-refractivity contribution in [1.82, 2.24) is 0 Å². The van der Waals surface area contributed by atoms with E-state index in [1.165, 1.54) is 0 Å². The summed E-state index contributed by atoms with van der Waals surface area (Å²) in [6, 6.07) is 0. The highest BCUT2D eigenvalue weighted by atomic mass is 16.5. The zero-order valence-electron chi connectivity index (χ0n) is 21.1. The van der Waals surface area contributed by atoms with Crippen LogP contribution in [-0.4, -0.2) is 20.3 Å². The Morgan fingerprint density at radius 2 is 1.83 bits per heavy atom. The van der Waals surface area contributed by atoms with Crippen molar-refractivity contribution < 1.29 is 14.2 Å². The molecule has 4 heteroatoms. The molecule has 0 heterocycles. The summed E-state index contributed by atoms with van der Waals surface area (Å²) in [5.41, 5.74) is 7.60. The van der Waals surface area contributed by atoms with Gasteiger partial charge in [-0.1, -0.05) is 86.3 Å². The van der Waals surface area contributed by atoms with Gasteiger partial charge in [-0.05, 0) is 48.8 Å². The monoisotopic (exact) mass is 473 g/mol. The lowest BCUT2D eigenvalue weighted by molar-refractivity contribution is 0.115. The number of ether oxygens (including phenoxy) is 3. The standard InChI is InChI=1S/C31H39NO3/c1-6-9-10-17-21-31(23-22-29(8-3)30(27-32)19-7-2)35-24-18-15-13-11-12-14-16-20-28(4)34-26-25-33-5/h6-10,12,14,16,18-22,24,27H,1,3-4,15,17,23,25-26,32H2,2,5H3/b10-9+,14-12+,19-7-,20-16-,24-18+,29-22-,30-27-,31-21-. The topological polar surface area (TPSA) is 53.7 Å². The third-order valence-electron chi connectivity index (χ3n) is 4.14. The second kappa shape index (κ2) is 23.2. The van der Waals surface area contributed by atoms with Crippen molar-refractivity contribution in [3.8, 4) is 11.8 Å². The van der Waals surface area contributed by atoms with Crippen LogP contribution in [0.15, 0.2) is 134 Å². The van der Waals surface area contributed by atoms with Crippen LogP contribution >= 0.6 is 0 Å². The summed E-state index contributed by atoms with van der Waals surface area (Å²) in [5.74, 6) is 7.41. The number of methoxy groups -OCH3 is 1. The molecule has 186 valence electrons. The fraction of sp³-hybridized carbons (Fsp3) is 0.226. The summed E-state index contributed by atoms with van der Waals surface area (Å²) in [6.45, 7) is 14.3. The maximum absolute atomic E-state index is 5.85. The summed E-state index contributed by atoms with van der Waals surface area (Å²) in [7, 11) is 1.63. The van der Waals surface area contributed by atoms with E-state index in [-0.39, 0.29) is 0 Å². The van der Waals surface area contributed by atoms with Gasteiger partial charge in [-0.25, -0.2) is 0 Å². The van der Waals surface area contributed by atoms with Crippen LogP contribution in [-0.2, 0) is 14.2 Å². The molecule has 0 aliphatic carbocycles. The van der Waals surface area contributed by atoms with E-state index in [0.717, 1.165) is 23.3 Å². The molecular formula is C31H39NO3. The van der Waals surface area contributed by atoms with E-state index in [1.807, 2.05) is 61.6 Å². The quantitative estimate of drug-likeness (QED) is 0.106. The lowest BCUT2D eigenvalue weighted by Gasteiger charge is -2.06. The molecule has 0 saturated heterocycles. The zero-order valence-corrected chi connectivity index (χ0v) is 21.1. The van der Waals surface area contributed by atoms with E-state index in [2.05, 4.69) is 31.6 Å². The highest BCUT2D eigenvalue weighted by Crippen LogP contribution is 2.16. The molecule has 2 N–H and O–H groups in total. The normalized spacial score (nSPS) is 13.1. The highest BCUT2D eigenvalue weighted by Gasteiger charge is 2.00. The van der Waals surface area contributed by atoms with Crippen LogP contribution in [0.4, 0.5) is 0 Å². The molecule has 0 aromatic rings. The summed E-state index contributed by atoms with van der Waals surface area (Å²) in [4.78, 5) is 0. The van der Waals surface area contributed by atoms with Crippen molar-refractivity contribution in [3.63, 3.8) is 0 Å². The Kier molecular flexibility index (Phi) is 20.6. The van der Waals surface area contributed by atoms with Gasteiger partial charge >= 0.3 is 0 Å². The molecule has 0 atom stereocenters.